The van der Waals surface area contributed by atoms with E-state index in [9.17, 15) is 4.79 Å². The average Bonchev–Trinajstić information content (AvgIpc) is 2.57. The van der Waals surface area contributed by atoms with Crippen molar-refractivity contribution in [1.29, 1.82) is 0 Å². The monoisotopic (exact) mass is 296 g/mol. The lowest BCUT2D eigenvalue weighted by molar-refractivity contribution is 0.558. The Morgan fingerprint density at radius 2 is 1.91 bits per heavy atom. The molecule has 0 aliphatic heterocycles. The summed E-state index contributed by atoms with van der Waals surface area (Å²) in [6.07, 6.45) is 5.44. The minimum atomic E-state index is -0.343. The Labute approximate surface area is 131 Å². The molecule has 3 nitrogen and oxygen atoms in total. The molecule has 0 radical (unpaired) electrons. The molecule has 0 bridgehead atoms. The number of benzene rings is 1. The minimum absolute atomic E-state index is 0.0962. The third kappa shape index (κ3) is 2.73. The van der Waals surface area contributed by atoms with Gasteiger partial charge in [0.25, 0.3) is 5.56 Å². The maximum atomic E-state index is 12.9. The van der Waals surface area contributed by atoms with Gasteiger partial charge in [-0.15, -0.1) is 0 Å². The van der Waals surface area contributed by atoms with E-state index < -0.39 is 0 Å². The van der Waals surface area contributed by atoms with Crippen molar-refractivity contribution < 1.29 is 0 Å². The van der Waals surface area contributed by atoms with Gasteiger partial charge >= 0.3 is 0 Å². The van der Waals surface area contributed by atoms with Crippen LogP contribution in [0.2, 0.25) is 0 Å². The number of pyridine rings is 1. The maximum Gasteiger partial charge on any atom is 0.255 e. The summed E-state index contributed by atoms with van der Waals surface area (Å²) in [6, 6.07) is 11.6. The second-order valence-corrected chi connectivity index (χ2v) is 6.12. The van der Waals surface area contributed by atoms with Crippen molar-refractivity contribution in [3.8, 4) is 0 Å². The zero-order valence-corrected chi connectivity index (χ0v) is 13.2. The first-order valence-electron chi connectivity index (χ1n) is 8.28. The van der Waals surface area contributed by atoms with Gasteiger partial charge < -0.3 is 10.3 Å². The lowest BCUT2D eigenvalue weighted by Gasteiger charge is -2.24. The van der Waals surface area contributed by atoms with Gasteiger partial charge in [0.2, 0.25) is 0 Å². The Balaban J connectivity index is 2.12. The molecule has 0 amide bonds. The van der Waals surface area contributed by atoms with Crippen molar-refractivity contribution >= 4 is 0 Å². The molecule has 0 fully saturated rings. The normalized spacial score (nSPS) is 15.4. The van der Waals surface area contributed by atoms with Crippen molar-refractivity contribution in [3.05, 3.63) is 69.1 Å². The number of hydrogen-bond donors (Lipinski definition) is 1. The molecule has 1 atom stereocenters. The molecule has 1 heterocycles. The van der Waals surface area contributed by atoms with Gasteiger partial charge in [-0.25, -0.2) is 0 Å². The van der Waals surface area contributed by atoms with Crippen LogP contribution in [0, 0.1) is 0 Å². The van der Waals surface area contributed by atoms with Gasteiger partial charge in [-0.2, -0.15) is 0 Å². The van der Waals surface area contributed by atoms with Gasteiger partial charge in [0.05, 0.1) is 6.04 Å². The van der Waals surface area contributed by atoms with Crippen LogP contribution in [0.25, 0.3) is 0 Å². The van der Waals surface area contributed by atoms with Crippen molar-refractivity contribution in [1.82, 2.24) is 4.57 Å². The summed E-state index contributed by atoms with van der Waals surface area (Å²) in [5, 5.41) is 0. The lowest BCUT2D eigenvalue weighted by Crippen LogP contribution is -2.33. The van der Waals surface area contributed by atoms with Crippen LogP contribution in [0.5, 0.6) is 0 Å². The molecule has 1 unspecified atom stereocenters. The molecule has 2 N–H and O–H groups in total. The van der Waals surface area contributed by atoms with Crippen molar-refractivity contribution in [2.24, 2.45) is 5.73 Å². The number of fused-ring (bicyclic) bond motifs is 1. The van der Waals surface area contributed by atoms with E-state index in [4.69, 9.17) is 5.73 Å². The first-order valence-corrected chi connectivity index (χ1v) is 8.28. The van der Waals surface area contributed by atoms with Gasteiger partial charge in [0.15, 0.2) is 0 Å². The number of nitrogens with two attached hydrogens (primary N) is 1. The average molecular weight is 296 g/mol. The highest BCUT2D eigenvalue weighted by Gasteiger charge is 2.21. The van der Waals surface area contributed by atoms with Gasteiger partial charge in [0.1, 0.15) is 0 Å². The highest BCUT2D eigenvalue weighted by atomic mass is 16.1. The first kappa shape index (κ1) is 15.0. The molecule has 0 saturated carbocycles. The SMILES string of the molecule is CCCn1c2c(cc(C(N)c3ccccc3)c1=O)CCCC2. The lowest BCUT2D eigenvalue weighted by atomic mass is 9.91. The zero-order chi connectivity index (χ0) is 15.5. The Hall–Kier alpha value is -1.87. The van der Waals surface area contributed by atoms with Crippen LogP contribution < -0.4 is 11.3 Å². The second-order valence-electron chi connectivity index (χ2n) is 6.12. The molecule has 22 heavy (non-hydrogen) atoms. The van der Waals surface area contributed by atoms with E-state index in [0.717, 1.165) is 36.9 Å². The fourth-order valence-corrected chi connectivity index (χ4v) is 3.43. The highest BCUT2D eigenvalue weighted by Crippen LogP contribution is 2.24. The first-order chi connectivity index (χ1) is 10.7. The maximum absolute atomic E-state index is 12.9. The van der Waals surface area contributed by atoms with Crippen LogP contribution in [0.15, 0.2) is 41.2 Å². The third-order valence-electron chi connectivity index (χ3n) is 4.57. The predicted molar refractivity (Wildman–Crippen MR) is 90.1 cm³/mol. The fraction of sp³-hybridized carbons (Fsp3) is 0.421. The summed E-state index contributed by atoms with van der Waals surface area (Å²) < 4.78 is 1.98. The minimum Gasteiger partial charge on any atom is -0.320 e. The number of aromatic nitrogens is 1. The molecule has 1 aliphatic carbocycles. The standard InChI is InChI=1S/C19H24N2O/c1-2-12-21-17-11-7-6-10-15(17)13-16(19(21)22)18(20)14-8-4-3-5-9-14/h3-5,8-9,13,18H,2,6-7,10-12,20H2,1H3. The Kier molecular flexibility index (Phi) is 4.44. The summed E-state index contributed by atoms with van der Waals surface area (Å²) in [7, 11) is 0. The van der Waals surface area contributed by atoms with Crippen molar-refractivity contribution in [2.75, 3.05) is 0 Å². The molecule has 1 aliphatic rings. The molecule has 0 saturated heterocycles. The van der Waals surface area contributed by atoms with Crippen LogP contribution in [0.3, 0.4) is 0 Å². The number of rotatable bonds is 4. The highest BCUT2D eigenvalue weighted by molar-refractivity contribution is 5.35. The quantitative estimate of drug-likeness (QED) is 0.942. The van der Waals surface area contributed by atoms with Crippen molar-refractivity contribution in [3.63, 3.8) is 0 Å². The smallest absolute Gasteiger partial charge is 0.255 e. The molecular weight excluding hydrogens is 272 g/mol. The Morgan fingerprint density at radius 3 is 2.64 bits per heavy atom. The zero-order valence-electron chi connectivity index (χ0n) is 13.2. The largest absolute Gasteiger partial charge is 0.320 e. The molecule has 116 valence electrons. The molecule has 3 heteroatoms. The van der Waals surface area contributed by atoms with E-state index >= 15 is 0 Å². The van der Waals surface area contributed by atoms with Crippen LogP contribution in [0.1, 0.15) is 54.6 Å². The van der Waals surface area contributed by atoms with Crippen LogP contribution in [-0.4, -0.2) is 4.57 Å². The van der Waals surface area contributed by atoms with Crippen LogP contribution in [0.4, 0.5) is 0 Å². The molecule has 1 aromatic heterocycles. The summed E-state index contributed by atoms with van der Waals surface area (Å²) in [6.45, 7) is 2.90. The molecule has 1 aromatic carbocycles. The molecule has 3 rings (SSSR count). The number of hydrogen-bond acceptors (Lipinski definition) is 2. The second kappa shape index (κ2) is 6.49. The topological polar surface area (TPSA) is 48.0 Å². The summed E-state index contributed by atoms with van der Waals surface area (Å²) >= 11 is 0. The Bertz CT molecular complexity index is 703. The molecule has 2 aromatic rings. The Morgan fingerprint density at radius 1 is 1.18 bits per heavy atom. The summed E-state index contributed by atoms with van der Waals surface area (Å²) in [4.78, 5) is 12.9. The molecular formula is C19H24N2O. The van der Waals surface area contributed by atoms with Gasteiger partial charge in [-0.05, 0) is 49.3 Å². The van der Waals surface area contributed by atoms with Crippen LogP contribution >= 0.6 is 0 Å². The number of nitrogens with zero attached hydrogens (tertiary/aromatic N) is 1. The molecule has 0 spiro atoms. The number of aryl methyl sites for hydroxylation is 1. The van der Waals surface area contributed by atoms with Crippen molar-refractivity contribution in [2.45, 2.75) is 51.6 Å². The van der Waals surface area contributed by atoms with E-state index in [2.05, 4.69) is 13.0 Å². The van der Waals surface area contributed by atoms with E-state index in [0.29, 0.717) is 0 Å². The van der Waals surface area contributed by atoms with Gasteiger partial charge in [-0.3, -0.25) is 4.79 Å². The summed E-state index contributed by atoms with van der Waals surface area (Å²) in [5.74, 6) is 0. The van der Waals surface area contributed by atoms with Crippen LogP contribution in [-0.2, 0) is 19.4 Å². The van der Waals surface area contributed by atoms with Gasteiger partial charge in [-0.1, -0.05) is 37.3 Å². The van der Waals surface area contributed by atoms with E-state index in [1.54, 1.807) is 0 Å². The van der Waals surface area contributed by atoms with E-state index in [1.807, 2.05) is 34.9 Å². The van der Waals surface area contributed by atoms with E-state index in [1.165, 1.54) is 24.1 Å². The predicted octanol–water partition coefficient (Wildman–Crippen LogP) is 3.19. The fourth-order valence-electron chi connectivity index (χ4n) is 3.43. The summed E-state index contributed by atoms with van der Waals surface area (Å²) in [5.41, 5.74) is 10.8. The van der Waals surface area contributed by atoms with Gasteiger partial charge in [0, 0.05) is 17.8 Å². The van der Waals surface area contributed by atoms with E-state index in [-0.39, 0.29) is 11.6 Å². The third-order valence-corrected chi connectivity index (χ3v) is 4.57.